The molecule has 0 unspecified atom stereocenters. The summed E-state index contributed by atoms with van der Waals surface area (Å²) in [5, 5.41) is 22.5. The zero-order valence-electron chi connectivity index (χ0n) is 15.1. The van der Waals surface area contributed by atoms with Crippen molar-refractivity contribution < 1.29 is 9.66 Å². The maximum Gasteiger partial charge on any atom is 0.273 e. The van der Waals surface area contributed by atoms with Gasteiger partial charge in [0.2, 0.25) is 0 Å². The van der Waals surface area contributed by atoms with Crippen molar-refractivity contribution in [3.63, 3.8) is 0 Å². The Balaban J connectivity index is 1.67. The molecular formula is C18H15Cl2N5O3S. The van der Waals surface area contributed by atoms with Crippen LogP contribution in [-0.2, 0) is 6.54 Å². The third kappa shape index (κ3) is 5.14. The molecular weight excluding hydrogens is 437 g/mol. The normalized spacial score (nSPS) is 10.4. The largest absolute Gasteiger partial charge is 0.494 e. The second-order valence-electron chi connectivity index (χ2n) is 5.85. The molecule has 3 aromatic rings. The van der Waals surface area contributed by atoms with Crippen LogP contribution in [-0.4, -0.2) is 26.9 Å². The summed E-state index contributed by atoms with van der Waals surface area (Å²) in [5.41, 5.74) is 1.82. The zero-order valence-corrected chi connectivity index (χ0v) is 17.4. The standard InChI is InChI=1S/C18H15Cl2N5O3S/c1-28-17-7-12(25(26)27)5-6-16(17)23-18(29)22-11-8-21-24(9-11)10-13-14(19)3-2-4-15(13)20/h2-9H,10H2,1H3,(H2,22,23,29). The van der Waals surface area contributed by atoms with Crippen LogP contribution >= 0.6 is 35.4 Å². The van der Waals surface area contributed by atoms with Gasteiger partial charge in [-0.05, 0) is 30.4 Å². The highest BCUT2D eigenvalue weighted by molar-refractivity contribution is 7.80. The molecule has 0 atom stereocenters. The SMILES string of the molecule is COc1cc([N+](=O)[O-])ccc1NC(=S)Nc1cnn(Cc2c(Cl)cccc2Cl)c1. The minimum Gasteiger partial charge on any atom is -0.494 e. The van der Waals surface area contributed by atoms with Gasteiger partial charge in [-0.25, -0.2) is 0 Å². The fourth-order valence-corrected chi connectivity index (χ4v) is 3.29. The van der Waals surface area contributed by atoms with Crippen LogP contribution in [0.15, 0.2) is 48.8 Å². The predicted molar refractivity (Wildman–Crippen MR) is 117 cm³/mol. The van der Waals surface area contributed by atoms with Crippen molar-refractivity contribution in [2.24, 2.45) is 0 Å². The Morgan fingerprint density at radius 1 is 1.28 bits per heavy atom. The summed E-state index contributed by atoms with van der Waals surface area (Å²) >= 11 is 17.7. The quantitative estimate of drug-likeness (QED) is 0.310. The van der Waals surface area contributed by atoms with Gasteiger partial charge in [-0.1, -0.05) is 29.3 Å². The monoisotopic (exact) mass is 451 g/mol. The molecule has 0 aliphatic carbocycles. The van der Waals surface area contributed by atoms with Crippen molar-refractivity contribution in [3.8, 4) is 5.75 Å². The number of nitrogens with zero attached hydrogens (tertiary/aromatic N) is 3. The van der Waals surface area contributed by atoms with Crippen LogP contribution in [0.3, 0.4) is 0 Å². The molecule has 1 aromatic heterocycles. The van der Waals surface area contributed by atoms with Crippen molar-refractivity contribution >= 4 is 57.6 Å². The highest BCUT2D eigenvalue weighted by Crippen LogP contribution is 2.29. The first-order valence-corrected chi connectivity index (χ1v) is 9.39. The Hall–Kier alpha value is -2.88. The molecule has 1 heterocycles. The first-order chi connectivity index (χ1) is 13.9. The molecule has 0 aliphatic rings. The average Bonchev–Trinajstić information content (AvgIpc) is 3.11. The van der Waals surface area contributed by atoms with Crippen molar-refractivity contribution in [2.45, 2.75) is 6.54 Å². The number of hydrogen-bond acceptors (Lipinski definition) is 5. The first kappa shape index (κ1) is 20.8. The Kier molecular flexibility index (Phi) is 6.53. The minimum absolute atomic E-state index is 0.0780. The van der Waals surface area contributed by atoms with Crippen LogP contribution in [0.2, 0.25) is 10.0 Å². The first-order valence-electron chi connectivity index (χ1n) is 8.23. The number of benzene rings is 2. The van der Waals surface area contributed by atoms with E-state index in [1.165, 1.54) is 25.3 Å². The molecule has 0 bridgehead atoms. The maximum atomic E-state index is 10.9. The molecule has 11 heteroatoms. The molecule has 0 amide bonds. The van der Waals surface area contributed by atoms with E-state index < -0.39 is 4.92 Å². The summed E-state index contributed by atoms with van der Waals surface area (Å²) in [6.45, 7) is 0.399. The lowest BCUT2D eigenvalue weighted by Gasteiger charge is -2.12. The molecule has 8 nitrogen and oxygen atoms in total. The third-order valence-electron chi connectivity index (χ3n) is 3.92. The smallest absolute Gasteiger partial charge is 0.273 e. The number of nitro groups is 1. The van der Waals surface area contributed by atoms with Crippen LogP contribution < -0.4 is 15.4 Å². The predicted octanol–water partition coefficient (Wildman–Crippen LogP) is 4.96. The molecule has 0 fully saturated rings. The summed E-state index contributed by atoms with van der Waals surface area (Å²) < 4.78 is 6.86. The minimum atomic E-state index is -0.498. The van der Waals surface area contributed by atoms with E-state index in [9.17, 15) is 10.1 Å². The number of nitrogens with one attached hydrogen (secondary N) is 2. The van der Waals surface area contributed by atoms with Crippen molar-refractivity contribution in [2.75, 3.05) is 17.7 Å². The number of nitro benzene ring substituents is 1. The van der Waals surface area contributed by atoms with E-state index in [1.54, 1.807) is 35.3 Å². The number of halogens is 2. The van der Waals surface area contributed by atoms with Crippen LogP contribution in [0.5, 0.6) is 5.75 Å². The summed E-state index contributed by atoms with van der Waals surface area (Å²) in [7, 11) is 1.42. The lowest BCUT2D eigenvalue weighted by atomic mass is 10.2. The Morgan fingerprint density at radius 2 is 2.00 bits per heavy atom. The molecule has 0 aliphatic heterocycles. The Bertz CT molecular complexity index is 1050. The van der Waals surface area contributed by atoms with Crippen molar-refractivity contribution in [3.05, 3.63) is 74.5 Å². The molecule has 3 rings (SSSR count). The second-order valence-corrected chi connectivity index (χ2v) is 7.07. The van der Waals surface area contributed by atoms with Gasteiger partial charge in [0.25, 0.3) is 5.69 Å². The molecule has 0 spiro atoms. The van der Waals surface area contributed by atoms with Gasteiger partial charge in [0.15, 0.2) is 5.11 Å². The number of methoxy groups -OCH3 is 1. The fraction of sp³-hybridized carbons (Fsp3) is 0.111. The van der Waals surface area contributed by atoms with E-state index in [1.807, 2.05) is 0 Å². The van der Waals surface area contributed by atoms with E-state index >= 15 is 0 Å². The van der Waals surface area contributed by atoms with Crippen LogP contribution in [0.25, 0.3) is 0 Å². The molecule has 0 saturated carbocycles. The second kappa shape index (κ2) is 9.08. The van der Waals surface area contributed by atoms with Gasteiger partial charge in [-0.2, -0.15) is 5.10 Å². The van der Waals surface area contributed by atoms with Crippen molar-refractivity contribution in [1.29, 1.82) is 0 Å². The van der Waals surface area contributed by atoms with E-state index in [-0.39, 0.29) is 10.8 Å². The molecule has 2 N–H and O–H groups in total. The van der Waals surface area contributed by atoms with Gasteiger partial charge in [0.1, 0.15) is 5.75 Å². The third-order valence-corrected chi connectivity index (χ3v) is 4.83. The number of hydrogen-bond donors (Lipinski definition) is 2. The van der Waals surface area contributed by atoms with Gasteiger partial charge in [0.05, 0.1) is 42.2 Å². The molecule has 0 radical (unpaired) electrons. The Labute approximate surface area is 181 Å². The lowest BCUT2D eigenvalue weighted by Crippen LogP contribution is -2.19. The number of non-ortho nitro benzene ring substituents is 1. The number of ether oxygens (including phenoxy) is 1. The summed E-state index contributed by atoms with van der Waals surface area (Å²) in [6, 6.07) is 9.51. The lowest BCUT2D eigenvalue weighted by molar-refractivity contribution is -0.384. The molecule has 29 heavy (non-hydrogen) atoms. The van der Waals surface area contributed by atoms with E-state index in [0.29, 0.717) is 33.7 Å². The summed E-state index contributed by atoms with van der Waals surface area (Å²) in [4.78, 5) is 10.4. The summed E-state index contributed by atoms with van der Waals surface area (Å²) in [5.74, 6) is 0.299. The van der Waals surface area contributed by atoms with Crippen LogP contribution in [0.1, 0.15) is 5.56 Å². The molecule has 2 aromatic carbocycles. The number of aromatic nitrogens is 2. The number of thiocarbonyl (C=S) groups is 1. The van der Waals surface area contributed by atoms with Crippen LogP contribution in [0.4, 0.5) is 17.1 Å². The van der Waals surface area contributed by atoms with E-state index in [0.717, 1.165) is 5.56 Å². The fourth-order valence-electron chi connectivity index (χ4n) is 2.54. The highest BCUT2D eigenvalue weighted by Gasteiger charge is 2.13. The van der Waals surface area contributed by atoms with E-state index in [2.05, 4.69) is 15.7 Å². The average molecular weight is 452 g/mol. The maximum absolute atomic E-state index is 10.9. The summed E-state index contributed by atoms with van der Waals surface area (Å²) in [6.07, 6.45) is 3.35. The van der Waals surface area contributed by atoms with Gasteiger partial charge >= 0.3 is 0 Å². The van der Waals surface area contributed by atoms with Crippen LogP contribution in [0, 0.1) is 10.1 Å². The molecule has 150 valence electrons. The van der Waals surface area contributed by atoms with Gasteiger partial charge in [-0.3, -0.25) is 14.8 Å². The topological polar surface area (TPSA) is 94.2 Å². The number of anilines is 2. The number of rotatable bonds is 6. The molecule has 0 saturated heterocycles. The van der Waals surface area contributed by atoms with Gasteiger partial charge in [0, 0.05) is 27.9 Å². The van der Waals surface area contributed by atoms with E-state index in [4.69, 9.17) is 40.2 Å². The highest BCUT2D eigenvalue weighted by atomic mass is 35.5. The zero-order chi connectivity index (χ0) is 21.0. The Morgan fingerprint density at radius 3 is 2.66 bits per heavy atom. The van der Waals surface area contributed by atoms with Crippen molar-refractivity contribution in [1.82, 2.24) is 9.78 Å². The van der Waals surface area contributed by atoms with Gasteiger partial charge in [-0.15, -0.1) is 0 Å². The van der Waals surface area contributed by atoms with Gasteiger partial charge < -0.3 is 15.4 Å².